The van der Waals surface area contributed by atoms with E-state index in [2.05, 4.69) is 26.3 Å². The van der Waals surface area contributed by atoms with Gasteiger partial charge < -0.3 is 0 Å². The Morgan fingerprint density at radius 1 is 0.765 bits per heavy atom. The van der Waals surface area contributed by atoms with Gasteiger partial charge in [0.25, 0.3) is 0 Å². The molecule has 0 aromatic carbocycles. The van der Waals surface area contributed by atoms with Crippen LogP contribution in [0.3, 0.4) is 0 Å². The summed E-state index contributed by atoms with van der Waals surface area (Å²) < 4.78 is 38.2. The smallest absolute Gasteiger partial charge is 0.158 e. The number of carbonyl (C=O) groups excluding carboxylic acids is 1. The largest absolute Gasteiger partial charge is 0.298 e. The molecular formula is C13H11F3O. The van der Waals surface area contributed by atoms with E-state index in [9.17, 15) is 18.0 Å². The summed E-state index contributed by atoms with van der Waals surface area (Å²) in [5.74, 6) is -3.40. The molecule has 4 heteroatoms. The fourth-order valence-electron chi connectivity index (χ4n) is 0.719. The Bertz CT molecular complexity index is 453. The van der Waals surface area contributed by atoms with Crippen LogP contribution in [0.1, 0.15) is 0 Å². The van der Waals surface area contributed by atoms with Crippen LogP contribution in [0.5, 0.6) is 0 Å². The van der Waals surface area contributed by atoms with Gasteiger partial charge in [-0.2, -0.15) is 0 Å². The Labute approximate surface area is 97.6 Å². The second-order valence-corrected chi connectivity index (χ2v) is 3.08. The predicted octanol–water partition coefficient (Wildman–Crippen LogP) is 4.04. The number of allylic oxidation sites excluding steroid dienone is 8. The van der Waals surface area contributed by atoms with E-state index in [1.165, 1.54) is 0 Å². The minimum atomic E-state index is -1.26. The normalized spacial score (nSPS) is 11.9. The van der Waals surface area contributed by atoms with Gasteiger partial charge in [-0.1, -0.05) is 26.3 Å². The van der Waals surface area contributed by atoms with Crippen LogP contribution in [0.15, 0.2) is 72.7 Å². The monoisotopic (exact) mass is 240 g/mol. The van der Waals surface area contributed by atoms with Gasteiger partial charge in [0.2, 0.25) is 0 Å². The van der Waals surface area contributed by atoms with Gasteiger partial charge >= 0.3 is 0 Å². The van der Waals surface area contributed by atoms with Crippen molar-refractivity contribution in [2.75, 3.05) is 0 Å². The summed E-state index contributed by atoms with van der Waals surface area (Å²) in [5.41, 5.74) is -0.435. The van der Waals surface area contributed by atoms with Crippen LogP contribution >= 0.6 is 0 Å². The number of aldehydes is 1. The number of hydrogen-bond acceptors (Lipinski definition) is 1. The van der Waals surface area contributed by atoms with Crippen LogP contribution in [-0.2, 0) is 4.79 Å². The number of halogens is 3. The maximum absolute atomic E-state index is 13.1. The summed E-state index contributed by atoms with van der Waals surface area (Å²) in [6.45, 7) is 12.6. The van der Waals surface area contributed by atoms with E-state index in [4.69, 9.17) is 0 Å². The van der Waals surface area contributed by atoms with E-state index < -0.39 is 17.5 Å². The summed E-state index contributed by atoms with van der Waals surface area (Å²) in [5, 5.41) is 0. The second-order valence-electron chi connectivity index (χ2n) is 3.08. The summed E-state index contributed by atoms with van der Waals surface area (Å²) in [4.78, 5) is 10.2. The molecule has 0 aliphatic rings. The fourth-order valence-corrected chi connectivity index (χ4v) is 0.719. The molecule has 0 atom stereocenters. The lowest BCUT2D eigenvalue weighted by atomic mass is 10.1. The molecule has 0 aromatic rings. The van der Waals surface area contributed by atoms with Crippen molar-refractivity contribution in [3.8, 4) is 0 Å². The lowest BCUT2D eigenvalue weighted by Crippen LogP contribution is -1.87. The van der Waals surface area contributed by atoms with Gasteiger partial charge in [0.1, 0.15) is 5.83 Å². The van der Waals surface area contributed by atoms with Crippen molar-refractivity contribution in [1.29, 1.82) is 0 Å². The summed E-state index contributed by atoms with van der Waals surface area (Å²) in [6.07, 6.45) is 1.80. The lowest BCUT2D eigenvalue weighted by Gasteiger charge is -2.01. The summed E-state index contributed by atoms with van der Waals surface area (Å²) >= 11 is 0. The third-order valence-corrected chi connectivity index (χ3v) is 1.72. The topological polar surface area (TPSA) is 17.1 Å². The molecule has 0 saturated heterocycles. The molecule has 0 rings (SSSR count). The van der Waals surface area contributed by atoms with Crippen molar-refractivity contribution in [2.24, 2.45) is 0 Å². The van der Waals surface area contributed by atoms with Crippen molar-refractivity contribution >= 4 is 6.29 Å². The molecule has 0 bridgehead atoms. The van der Waals surface area contributed by atoms with Gasteiger partial charge in [0.05, 0.1) is 0 Å². The first kappa shape index (κ1) is 14.9. The minimum absolute atomic E-state index is 0.0121. The molecule has 90 valence electrons. The molecule has 0 aromatic heterocycles. The molecule has 0 unspecified atom stereocenters. The van der Waals surface area contributed by atoms with Crippen molar-refractivity contribution in [3.63, 3.8) is 0 Å². The highest BCUT2D eigenvalue weighted by Gasteiger charge is 2.05. The highest BCUT2D eigenvalue weighted by molar-refractivity contribution is 5.78. The molecular weight excluding hydrogens is 229 g/mol. The van der Waals surface area contributed by atoms with E-state index in [0.717, 1.165) is 12.2 Å². The Balaban J connectivity index is 4.92. The van der Waals surface area contributed by atoms with Crippen LogP contribution in [0.2, 0.25) is 0 Å². The molecule has 1 nitrogen and oxygen atoms in total. The van der Waals surface area contributed by atoms with Crippen LogP contribution in [0, 0.1) is 0 Å². The van der Waals surface area contributed by atoms with E-state index in [-0.39, 0.29) is 23.0 Å². The molecule has 0 aliphatic heterocycles. The van der Waals surface area contributed by atoms with Gasteiger partial charge in [-0.25, -0.2) is 13.2 Å². The molecule has 0 aliphatic carbocycles. The average Bonchev–Trinajstić information content (AvgIpc) is 2.27. The zero-order chi connectivity index (χ0) is 13.6. The van der Waals surface area contributed by atoms with Crippen molar-refractivity contribution in [1.82, 2.24) is 0 Å². The highest BCUT2D eigenvalue weighted by Crippen LogP contribution is 2.19. The van der Waals surface area contributed by atoms with Gasteiger partial charge in [-0.3, -0.25) is 4.79 Å². The maximum Gasteiger partial charge on any atom is 0.158 e. The molecule has 0 radical (unpaired) electrons. The van der Waals surface area contributed by atoms with Gasteiger partial charge in [0, 0.05) is 5.57 Å². The third-order valence-electron chi connectivity index (χ3n) is 1.72. The third kappa shape index (κ3) is 4.97. The van der Waals surface area contributed by atoms with E-state index in [0.29, 0.717) is 0 Å². The first-order chi connectivity index (χ1) is 7.79. The lowest BCUT2D eigenvalue weighted by molar-refractivity contribution is -0.104. The summed E-state index contributed by atoms with van der Waals surface area (Å²) in [6, 6.07) is 0. The van der Waals surface area contributed by atoms with Crippen molar-refractivity contribution < 1.29 is 18.0 Å². The minimum Gasteiger partial charge on any atom is -0.298 e. The number of hydrogen-bond donors (Lipinski definition) is 0. The molecule has 0 spiro atoms. The Hall–Kier alpha value is -2.10. The Morgan fingerprint density at radius 2 is 1.18 bits per heavy atom. The highest BCUT2D eigenvalue weighted by atomic mass is 19.2. The zero-order valence-electron chi connectivity index (χ0n) is 9.10. The van der Waals surface area contributed by atoms with Gasteiger partial charge in [0.15, 0.2) is 17.9 Å². The van der Waals surface area contributed by atoms with Crippen LogP contribution in [0.4, 0.5) is 13.2 Å². The Morgan fingerprint density at radius 3 is 1.53 bits per heavy atom. The van der Waals surface area contributed by atoms with Crippen LogP contribution in [0.25, 0.3) is 0 Å². The van der Waals surface area contributed by atoms with E-state index >= 15 is 0 Å². The maximum atomic E-state index is 13.1. The molecule has 0 heterocycles. The fraction of sp³-hybridized carbons (Fsp3) is 0. The summed E-state index contributed by atoms with van der Waals surface area (Å²) in [7, 11) is 0. The van der Waals surface area contributed by atoms with Crippen molar-refractivity contribution in [3.05, 3.63) is 72.7 Å². The zero-order valence-corrected chi connectivity index (χ0v) is 9.10. The van der Waals surface area contributed by atoms with Gasteiger partial charge in [-0.05, 0) is 23.3 Å². The molecule has 0 N–H and O–H groups in total. The van der Waals surface area contributed by atoms with Gasteiger partial charge in [-0.15, -0.1) is 0 Å². The van der Waals surface area contributed by atoms with Crippen LogP contribution < -0.4 is 0 Å². The number of carbonyl (C=O) groups is 1. The molecule has 17 heavy (non-hydrogen) atoms. The molecule has 0 fully saturated rings. The van der Waals surface area contributed by atoms with Crippen LogP contribution in [-0.4, -0.2) is 6.29 Å². The molecule has 0 amide bonds. The first-order valence-corrected chi connectivity index (χ1v) is 4.41. The predicted molar refractivity (Wildman–Crippen MR) is 62.1 cm³/mol. The average molecular weight is 240 g/mol. The Kier molecular flexibility index (Phi) is 5.68. The van der Waals surface area contributed by atoms with E-state index in [1.54, 1.807) is 0 Å². The molecule has 0 saturated carbocycles. The van der Waals surface area contributed by atoms with E-state index in [1.807, 2.05) is 0 Å². The standard InChI is InChI=1S/C13H11F3O/c1-8(5-12(15)10(3)7-17)9(2)6-13(16)11(4)14/h5-7H,1-4H2/b12-5+,13-6+. The van der Waals surface area contributed by atoms with Crippen molar-refractivity contribution in [2.45, 2.75) is 0 Å². The second kappa shape index (κ2) is 6.48. The number of rotatable bonds is 6. The quantitative estimate of drug-likeness (QED) is 0.389. The SMILES string of the molecule is C=C(/C=C(/F)C(=C)F)C(=C)/C=C(/F)C(=C)C=O. The first-order valence-electron chi connectivity index (χ1n) is 4.41.